The maximum atomic E-state index is 12.6. The molecule has 182 valence electrons. The largest absolute Gasteiger partial charge is 0.444 e. The van der Waals surface area contributed by atoms with Crippen LogP contribution < -0.4 is 16.0 Å². The molecule has 1 heterocycles. The molecule has 0 aromatic carbocycles. The second-order valence-corrected chi connectivity index (χ2v) is 9.27. The van der Waals surface area contributed by atoms with Gasteiger partial charge in [-0.25, -0.2) is 4.79 Å². The highest BCUT2D eigenvalue weighted by molar-refractivity contribution is 14.0. The molecule has 1 aromatic heterocycles. The van der Waals surface area contributed by atoms with Crippen molar-refractivity contribution in [1.82, 2.24) is 25.8 Å². The van der Waals surface area contributed by atoms with Crippen molar-refractivity contribution in [3.63, 3.8) is 0 Å². The number of hydrogen-bond donors (Lipinski definition) is 3. The topological polar surface area (TPSA) is 108 Å². The van der Waals surface area contributed by atoms with Crippen LogP contribution in [0.2, 0.25) is 0 Å². The van der Waals surface area contributed by atoms with Gasteiger partial charge in [-0.15, -0.1) is 24.0 Å². The number of aliphatic imine (C=N–C) groups is 1. The van der Waals surface area contributed by atoms with E-state index in [9.17, 15) is 9.59 Å². The molecule has 1 rings (SSSR count). The first-order chi connectivity index (χ1) is 14.4. The van der Waals surface area contributed by atoms with Crippen molar-refractivity contribution >= 4 is 41.9 Å². The zero-order chi connectivity index (χ0) is 23.5. The van der Waals surface area contributed by atoms with Gasteiger partial charge in [0.15, 0.2) is 5.96 Å². The van der Waals surface area contributed by atoms with Crippen molar-refractivity contribution < 1.29 is 14.3 Å². The van der Waals surface area contributed by atoms with Crippen LogP contribution >= 0.6 is 24.0 Å². The van der Waals surface area contributed by atoms with E-state index in [1.165, 1.54) is 0 Å². The van der Waals surface area contributed by atoms with Crippen LogP contribution in [0.1, 0.15) is 53.5 Å². The fraction of sp³-hybridized carbons (Fsp3) is 0.636. The van der Waals surface area contributed by atoms with Gasteiger partial charge in [-0.2, -0.15) is 0 Å². The summed E-state index contributed by atoms with van der Waals surface area (Å²) < 4.78 is 5.54. The summed E-state index contributed by atoms with van der Waals surface area (Å²) in [4.78, 5) is 34.5. The molecule has 0 radical (unpaired) electrons. The second-order valence-electron chi connectivity index (χ2n) is 9.27. The van der Waals surface area contributed by atoms with E-state index < -0.39 is 5.60 Å². The number of guanidine groups is 1. The van der Waals surface area contributed by atoms with Crippen molar-refractivity contribution in [2.75, 3.05) is 26.7 Å². The quantitative estimate of drug-likeness (QED) is 0.195. The first-order valence-corrected chi connectivity index (χ1v) is 10.5. The first-order valence-electron chi connectivity index (χ1n) is 10.5. The zero-order valence-corrected chi connectivity index (χ0v) is 22.6. The molecule has 0 saturated heterocycles. The van der Waals surface area contributed by atoms with Crippen molar-refractivity contribution in [3.8, 4) is 0 Å². The highest BCUT2D eigenvalue weighted by atomic mass is 127. The van der Waals surface area contributed by atoms with E-state index >= 15 is 0 Å². The summed E-state index contributed by atoms with van der Waals surface area (Å²) in [5.74, 6) is 0.420. The van der Waals surface area contributed by atoms with E-state index in [1.807, 2.05) is 53.7 Å². The lowest BCUT2D eigenvalue weighted by molar-refractivity contribution is -0.121. The van der Waals surface area contributed by atoms with Crippen LogP contribution in [0.15, 0.2) is 29.5 Å². The van der Waals surface area contributed by atoms with E-state index in [2.05, 4.69) is 25.9 Å². The lowest BCUT2D eigenvalue weighted by Gasteiger charge is -2.27. The Morgan fingerprint density at radius 2 is 1.84 bits per heavy atom. The van der Waals surface area contributed by atoms with Crippen LogP contribution in [-0.4, -0.2) is 65.7 Å². The summed E-state index contributed by atoms with van der Waals surface area (Å²) in [5.41, 5.74) is 0.0840. The Balaban J connectivity index is 0.00000961. The molecule has 10 heteroatoms. The first kappa shape index (κ1) is 29.9. The minimum atomic E-state index is -0.567. The van der Waals surface area contributed by atoms with E-state index in [4.69, 9.17) is 4.74 Å². The van der Waals surface area contributed by atoms with Gasteiger partial charge in [0, 0.05) is 38.1 Å². The summed E-state index contributed by atoms with van der Waals surface area (Å²) in [6.07, 6.45) is 3.75. The van der Waals surface area contributed by atoms with Gasteiger partial charge in [-0.3, -0.25) is 14.8 Å². The van der Waals surface area contributed by atoms with Gasteiger partial charge in [-0.05, 0) is 59.6 Å². The Labute approximate surface area is 209 Å². The third-order valence-electron chi connectivity index (χ3n) is 3.80. The van der Waals surface area contributed by atoms with Crippen molar-refractivity contribution in [2.24, 2.45) is 4.99 Å². The molecule has 0 atom stereocenters. The van der Waals surface area contributed by atoms with E-state index in [1.54, 1.807) is 24.3 Å². The molecular formula is C22H39IN6O3. The average Bonchev–Trinajstić information content (AvgIpc) is 2.64. The van der Waals surface area contributed by atoms with Gasteiger partial charge in [-0.1, -0.05) is 6.07 Å². The maximum absolute atomic E-state index is 12.6. The highest BCUT2D eigenvalue weighted by Crippen LogP contribution is 2.12. The van der Waals surface area contributed by atoms with E-state index in [0.29, 0.717) is 32.0 Å². The monoisotopic (exact) mass is 562 g/mol. The molecule has 32 heavy (non-hydrogen) atoms. The van der Waals surface area contributed by atoms with Gasteiger partial charge in [0.1, 0.15) is 5.60 Å². The predicted octanol–water partition coefficient (Wildman–Crippen LogP) is 2.91. The smallest absolute Gasteiger partial charge is 0.410 e. The molecule has 2 amide bonds. The Kier molecular flexibility index (Phi) is 13.2. The number of nitrogens with zero attached hydrogens (tertiary/aromatic N) is 3. The van der Waals surface area contributed by atoms with Crippen LogP contribution in [0.4, 0.5) is 4.79 Å². The van der Waals surface area contributed by atoms with Gasteiger partial charge < -0.3 is 25.6 Å². The van der Waals surface area contributed by atoms with Crippen LogP contribution in [0.5, 0.6) is 0 Å². The summed E-state index contributed by atoms with van der Waals surface area (Å²) in [5, 5.41) is 9.04. The number of aromatic nitrogens is 1. The number of rotatable bonds is 8. The normalized spacial score (nSPS) is 11.8. The Morgan fingerprint density at radius 3 is 2.38 bits per heavy atom. The molecule has 9 nitrogen and oxygen atoms in total. The molecule has 0 aliphatic carbocycles. The molecule has 0 aliphatic rings. The van der Waals surface area contributed by atoms with E-state index in [-0.39, 0.29) is 48.1 Å². The summed E-state index contributed by atoms with van der Waals surface area (Å²) >= 11 is 0. The number of carbonyl (C=O) groups excluding carboxylic acids is 2. The van der Waals surface area contributed by atoms with Crippen LogP contribution in [0.25, 0.3) is 0 Å². The molecule has 0 aliphatic heterocycles. The molecule has 0 saturated carbocycles. The van der Waals surface area contributed by atoms with Crippen LogP contribution in [0.3, 0.4) is 0 Å². The van der Waals surface area contributed by atoms with Gasteiger partial charge in [0.2, 0.25) is 5.91 Å². The molecule has 1 aromatic rings. The third kappa shape index (κ3) is 14.0. The second kappa shape index (κ2) is 14.1. The van der Waals surface area contributed by atoms with Gasteiger partial charge in [0.25, 0.3) is 0 Å². The SMILES string of the molecule is CN=C(NCCCN(Cc1cccnc1)C(=O)OC(C)(C)C)NCC(=O)NC(C)(C)C.I. The number of ether oxygens (including phenoxy) is 1. The fourth-order valence-corrected chi connectivity index (χ4v) is 2.60. The standard InChI is InChI=1S/C22H38N6O3.HI/c1-21(2,3)27-18(29)15-26-19(23-7)25-12-9-13-28(20(30)31-22(4,5)6)16-17-10-8-11-24-14-17;/h8,10-11,14H,9,12-13,15-16H2,1-7H3,(H,27,29)(H2,23,25,26);1H. The number of hydrogen-bond acceptors (Lipinski definition) is 5. The number of carbonyl (C=O) groups is 2. The van der Waals surface area contributed by atoms with E-state index in [0.717, 1.165) is 5.56 Å². The lowest BCUT2D eigenvalue weighted by atomic mass is 10.1. The molecule has 3 N–H and O–H groups in total. The Bertz CT molecular complexity index is 729. The maximum Gasteiger partial charge on any atom is 0.410 e. The van der Waals surface area contributed by atoms with Crippen LogP contribution in [-0.2, 0) is 16.1 Å². The zero-order valence-electron chi connectivity index (χ0n) is 20.3. The predicted molar refractivity (Wildman–Crippen MR) is 138 cm³/mol. The average molecular weight is 562 g/mol. The minimum absolute atomic E-state index is 0. The van der Waals surface area contributed by atoms with Gasteiger partial charge in [0.05, 0.1) is 13.1 Å². The molecular weight excluding hydrogens is 523 g/mol. The number of halogens is 1. The molecule has 0 spiro atoms. The molecule has 0 unspecified atom stereocenters. The Hall–Kier alpha value is -2.11. The third-order valence-corrected chi connectivity index (χ3v) is 3.80. The summed E-state index contributed by atoms with van der Waals surface area (Å²) in [6.45, 7) is 13.0. The fourth-order valence-electron chi connectivity index (χ4n) is 2.60. The number of nitrogens with one attached hydrogen (secondary N) is 3. The van der Waals surface area contributed by atoms with Crippen molar-refractivity contribution in [3.05, 3.63) is 30.1 Å². The van der Waals surface area contributed by atoms with Crippen LogP contribution in [0, 0.1) is 0 Å². The number of amides is 2. The van der Waals surface area contributed by atoms with Crippen molar-refractivity contribution in [2.45, 2.75) is 65.6 Å². The molecule has 0 bridgehead atoms. The number of pyridine rings is 1. The van der Waals surface area contributed by atoms with Crippen molar-refractivity contribution in [1.29, 1.82) is 0 Å². The molecule has 0 fully saturated rings. The van der Waals surface area contributed by atoms with Gasteiger partial charge >= 0.3 is 6.09 Å². The summed E-state index contributed by atoms with van der Waals surface area (Å²) in [7, 11) is 1.65. The summed E-state index contributed by atoms with van der Waals surface area (Å²) in [6, 6.07) is 3.77. The minimum Gasteiger partial charge on any atom is -0.444 e. The highest BCUT2D eigenvalue weighted by Gasteiger charge is 2.22. The Morgan fingerprint density at radius 1 is 1.16 bits per heavy atom. The lowest BCUT2D eigenvalue weighted by Crippen LogP contribution is -2.48.